The van der Waals surface area contributed by atoms with Gasteiger partial charge in [-0.2, -0.15) is 0 Å². The Morgan fingerprint density at radius 1 is 0.966 bits per heavy atom. The van der Waals surface area contributed by atoms with Crippen LogP contribution in [0.5, 0.6) is 0 Å². The molecule has 1 rings (SSSR count). The van der Waals surface area contributed by atoms with Crippen molar-refractivity contribution < 1.29 is 24.2 Å². The zero-order valence-electron chi connectivity index (χ0n) is 16.6. The van der Waals surface area contributed by atoms with Crippen LogP contribution in [0.3, 0.4) is 0 Å². The molecule has 0 saturated carbocycles. The first-order valence-electron chi connectivity index (χ1n) is 9.25. The number of rotatable bonds is 12. The molecule has 0 saturated heterocycles. The highest BCUT2D eigenvalue weighted by molar-refractivity contribution is 5.69. The maximum Gasteiger partial charge on any atom is 0.336 e. The molecule has 1 aromatic rings. The van der Waals surface area contributed by atoms with E-state index in [2.05, 4.69) is 0 Å². The third-order valence-electron chi connectivity index (χ3n) is 4.02. The van der Waals surface area contributed by atoms with Crippen LogP contribution < -0.4 is 17.1 Å². The molecule has 11 heteroatoms. The van der Waals surface area contributed by atoms with Crippen molar-refractivity contribution >= 4 is 11.9 Å². The van der Waals surface area contributed by atoms with Gasteiger partial charge in [-0.25, -0.2) is 23.5 Å². The van der Waals surface area contributed by atoms with Crippen molar-refractivity contribution in [3.63, 3.8) is 0 Å². The number of aromatic amines is 1. The number of carbonyl (C=O) groups is 2. The molecule has 0 aliphatic heterocycles. The Morgan fingerprint density at radius 3 is 1.83 bits per heavy atom. The third kappa shape index (κ3) is 8.06. The summed E-state index contributed by atoms with van der Waals surface area (Å²) in [5.74, 6) is -1.53. The number of H-pyrrole nitrogens is 1. The van der Waals surface area contributed by atoms with Gasteiger partial charge in [0.05, 0.1) is 26.1 Å². The number of aromatic nitrogens is 3. The predicted molar refractivity (Wildman–Crippen MR) is 101 cm³/mol. The van der Waals surface area contributed by atoms with Gasteiger partial charge in [0.15, 0.2) is 0 Å². The van der Waals surface area contributed by atoms with E-state index in [4.69, 9.17) is 21.5 Å². The van der Waals surface area contributed by atoms with Crippen LogP contribution in [0.1, 0.15) is 33.1 Å². The van der Waals surface area contributed by atoms with Gasteiger partial charge < -0.3 is 14.6 Å². The van der Waals surface area contributed by atoms with Gasteiger partial charge >= 0.3 is 29.0 Å². The van der Waals surface area contributed by atoms with Crippen LogP contribution in [0.25, 0.3) is 0 Å². The van der Waals surface area contributed by atoms with Crippen molar-refractivity contribution in [1.82, 2.24) is 14.1 Å². The Balaban J connectivity index is 2.76. The molecule has 2 unspecified atom stereocenters. The molecule has 1 heterocycles. The van der Waals surface area contributed by atoms with Crippen LogP contribution in [0, 0.1) is 18.8 Å². The minimum Gasteiger partial charge on any atom is -0.465 e. The van der Waals surface area contributed by atoms with Crippen LogP contribution in [0.2, 0.25) is 0 Å². The number of aliphatic hydroxyl groups is 1. The van der Waals surface area contributed by atoms with Gasteiger partial charge in [-0.15, -0.1) is 0 Å². The predicted octanol–water partition coefficient (Wildman–Crippen LogP) is -1.07. The Morgan fingerprint density at radius 2 is 1.41 bits per heavy atom. The number of esters is 2. The zero-order chi connectivity index (χ0) is 22.0. The van der Waals surface area contributed by atoms with E-state index in [1.165, 1.54) is 0 Å². The molecule has 2 atom stereocenters. The van der Waals surface area contributed by atoms with Crippen LogP contribution in [-0.4, -0.2) is 51.0 Å². The van der Waals surface area contributed by atoms with E-state index in [9.17, 15) is 24.0 Å². The van der Waals surface area contributed by atoms with Crippen molar-refractivity contribution in [2.24, 2.45) is 11.8 Å². The molecule has 11 nitrogen and oxygen atoms in total. The Kier molecular flexibility index (Phi) is 10.1. The molecule has 0 fully saturated rings. The van der Waals surface area contributed by atoms with E-state index < -0.39 is 29.0 Å². The van der Waals surface area contributed by atoms with Crippen LogP contribution >= 0.6 is 0 Å². The minimum absolute atomic E-state index is 0.00493. The molecular formula is C18H27N3O8. The lowest BCUT2D eigenvalue weighted by molar-refractivity contribution is -0.146. The largest absolute Gasteiger partial charge is 0.465 e. The minimum atomic E-state index is -0.966. The molecule has 162 valence electrons. The summed E-state index contributed by atoms with van der Waals surface area (Å²) >= 11 is 0. The lowest BCUT2D eigenvalue weighted by Gasteiger charge is -2.11. The summed E-state index contributed by atoms with van der Waals surface area (Å²) in [5, 5.41) is 8.89. The van der Waals surface area contributed by atoms with Crippen LogP contribution in [0.4, 0.5) is 0 Å². The number of aliphatic hydroxyl groups excluding tert-OH is 1. The fourth-order valence-electron chi connectivity index (χ4n) is 2.08. The quantitative estimate of drug-likeness (QED) is 0.411. The Labute approximate surface area is 167 Å². The van der Waals surface area contributed by atoms with E-state index in [1.807, 2.05) is 4.98 Å². The molecule has 29 heavy (non-hydrogen) atoms. The second kappa shape index (κ2) is 12.0. The van der Waals surface area contributed by atoms with E-state index >= 15 is 0 Å². The van der Waals surface area contributed by atoms with Gasteiger partial charge in [-0.3, -0.25) is 14.6 Å². The fraction of sp³-hybridized carbons (Fsp3) is 0.667. The summed E-state index contributed by atoms with van der Waals surface area (Å²) in [5.41, 5.74) is -2.87. The normalized spacial score (nSPS) is 13.0. The van der Waals surface area contributed by atoms with Crippen LogP contribution in [0.15, 0.2) is 14.4 Å². The van der Waals surface area contributed by atoms with Crippen molar-refractivity contribution in [3.05, 3.63) is 38.4 Å². The third-order valence-corrected chi connectivity index (χ3v) is 4.02. The average molecular weight is 413 g/mol. The average Bonchev–Trinajstić information content (AvgIpc) is 2.69. The number of nitrogens with zero attached hydrogens (tertiary/aromatic N) is 2. The lowest BCUT2D eigenvalue weighted by Crippen LogP contribution is -2.49. The molecule has 0 aromatic carbocycles. The first kappa shape index (κ1) is 24.3. The maximum atomic E-state index is 12.4. The number of nitrogens with one attached hydrogen (secondary N) is 1. The molecule has 0 amide bonds. The highest BCUT2D eigenvalue weighted by atomic mass is 16.5. The number of hydrogen-bond acceptors (Lipinski definition) is 8. The summed E-state index contributed by atoms with van der Waals surface area (Å²) in [4.78, 5) is 61.6. The molecule has 0 aliphatic rings. The van der Waals surface area contributed by atoms with Gasteiger partial charge in [0.25, 0.3) is 0 Å². The molecule has 0 spiro atoms. The number of ether oxygens (including phenoxy) is 2. The lowest BCUT2D eigenvalue weighted by atomic mass is 10.1. The zero-order valence-corrected chi connectivity index (χ0v) is 16.6. The summed E-state index contributed by atoms with van der Waals surface area (Å²) in [7, 11) is 0. The van der Waals surface area contributed by atoms with E-state index in [0.29, 0.717) is 15.6 Å². The van der Waals surface area contributed by atoms with Gasteiger partial charge in [0, 0.05) is 25.6 Å². The standard InChI is InChI=1S/C18H27N3O8/c1-4-12(2)10-28-14(23)5-7-20-16(25)19-17(26)21(18(20)27)8-6-15(24)29-11-13(3)9-22/h1,12-13,22H,4-11H2,2-3H3,(H,19,25,26). The smallest absolute Gasteiger partial charge is 0.336 e. The van der Waals surface area contributed by atoms with E-state index in [1.54, 1.807) is 13.8 Å². The molecule has 1 aromatic heterocycles. The first-order valence-corrected chi connectivity index (χ1v) is 9.25. The second-order valence-corrected chi connectivity index (χ2v) is 6.82. The van der Waals surface area contributed by atoms with E-state index in [-0.39, 0.29) is 57.6 Å². The van der Waals surface area contributed by atoms with Crippen molar-refractivity contribution in [3.8, 4) is 0 Å². The van der Waals surface area contributed by atoms with Crippen molar-refractivity contribution in [2.45, 2.75) is 46.2 Å². The van der Waals surface area contributed by atoms with Crippen LogP contribution in [-0.2, 0) is 32.2 Å². The highest BCUT2D eigenvalue weighted by Crippen LogP contribution is 2.01. The first-order chi connectivity index (χ1) is 13.7. The molecule has 0 aliphatic carbocycles. The monoisotopic (exact) mass is 413 g/mol. The molecular weight excluding hydrogens is 386 g/mol. The van der Waals surface area contributed by atoms with Crippen molar-refractivity contribution in [1.29, 1.82) is 0 Å². The number of carbonyl (C=O) groups excluding carboxylic acids is 2. The van der Waals surface area contributed by atoms with Crippen molar-refractivity contribution in [2.75, 3.05) is 19.8 Å². The summed E-state index contributed by atoms with van der Waals surface area (Å²) < 4.78 is 11.3. The Bertz CT molecular complexity index is 789. The summed E-state index contributed by atoms with van der Waals surface area (Å²) in [6.45, 7) is 8.29. The van der Waals surface area contributed by atoms with Gasteiger partial charge in [-0.1, -0.05) is 13.8 Å². The van der Waals surface area contributed by atoms with Gasteiger partial charge in [0.1, 0.15) is 0 Å². The molecule has 2 N–H and O–H groups in total. The summed E-state index contributed by atoms with van der Waals surface area (Å²) in [6, 6.07) is 0. The maximum absolute atomic E-state index is 12.4. The van der Waals surface area contributed by atoms with E-state index in [0.717, 1.165) is 0 Å². The Hall–Kier alpha value is -2.69. The molecule has 0 bridgehead atoms. The fourth-order valence-corrected chi connectivity index (χ4v) is 2.08. The topological polar surface area (TPSA) is 150 Å². The highest BCUT2D eigenvalue weighted by Gasteiger charge is 2.14. The van der Waals surface area contributed by atoms with Gasteiger partial charge in [0.2, 0.25) is 0 Å². The molecule has 2 radical (unpaired) electrons. The number of hydrogen-bond donors (Lipinski definition) is 2. The van der Waals surface area contributed by atoms with Gasteiger partial charge in [-0.05, 0) is 19.3 Å². The second-order valence-electron chi connectivity index (χ2n) is 6.82. The summed E-state index contributed by atoms with van der Waals surface area (Å²) in [6.07, 6.45) is -0.184. The SMILES string of the molecule is [CH]CC(C)COC(=O)CCn1c(=O)[nH]c(=O)n(CCC(=O)OCC(C)CO)c1=O.